The van der Waals surface area contributed by atoms with E-state index in [2.05, 4.69) is 41.5 Å². The van der Waals surface area contributed by atoms with Crippen LogP contribution in [0, 0.1) is 23.7 Å². The van der Waals surface area contributed by atoms with Gasteiger partial charge in [-0.1, -0.05) is 67.2 Å². The molecule has 0 saturated heterocycles. The lowest BCUT2D eigenvalue weighted by Crippen LogP contribution is -2.22. The SMILES string of the molecule is CCCC(C)C(C)C(C)C(C)CCC. The molecule has 0 nitrogen and oxygen atoms in total. The molecule has 0 amide bonds. The van der Waals surface area contributed by atoms with Crippen LogP contribution in [0.2, 0.25) is 0 Å². The summed E-state index contributed by atoms with van der Waals surface area (Å²) in [7, 11) is 0. The molecule has 4 unspecified atom stereocenters. The highest BCUT2D eigenvalue weighted by molar-refractivity contribution is 4.72. The van der Waals surface area contributed by atoms with Gasteiger partial charge in [-0.15, -0.1) is 0 Å². The molecular weight excluding hydrogens is 168 g/mol. The minimum atomic E-state index is 0.886. The first kappa shape index (κ1) is 14.0. The Hall–Kier alpha value is 0. The molecule has 0 fully saturated rings. The molecular formula is C14H30. The molecule has 0 bridgehead atoms. The fourth-order valence-corrected chi connectivity index (χ4v) is 2.47. The van der Waals surface area contributed by atoms with Crippen LogP contribution in [-0.2, 0) is 0 Å². The third-order valence-electron chi connectivity index (χ3n) is 4.11. The summed E-state index contributed by atoms with van der Waals surface area (Å²) in [6, 6.07) is 0. The van der Waals surface area contributed by atoms with Crippen molar-refractivity contribution in [3.05, 3.63) is 0 Å². The van der Waals surface area contributed by atoms with Crippen LogP contribution in [0.3, 0.4) is 0 Å². The molecule has 0 N–H and O–H groups in total. The van der Waals surface area contributed by atoms with Gasteiger partial charge in [-0.05, 0) is 23.7 Å². The van der Waals surface area contributed by atoms with Crippen molar-refractivity contribution < 1.29 is 0 Å². The summed E-state index contributed by atoms with van der Waals surface area (Å²) in [6.07, 6.45) is 5.45. The molecule has 0 aromatic carbocycles. The highest BCUT2D eigenvalue weighted by Gasteiger charge is 2.22. The fraction of sp³-hybridized carbons (Fsp3) is 1.00. The van der Waals surface area contributed by atoms with Crippen molar-refractivity contribution in [2.24, 2.45) is 23.7 Å². The third kappa shape index (κ3) is 4.48. The van der Waals surface area contributed by atoms with Gasteiger partial charge in [0.1, 0.15) is 0 Å². The number of rotatable bonds is 7. The van der Waals surface area contributed by atoms with E-state index >= 15 is 0 Å². The molecule has 0 aromatic rings. The number of hydrogen-bond donors (Lipinski definition) is 0. The van der Waals surface area contributed by atoms with Crippen LogP contribution in [0.25, 0.3) is 0 Å². The average molecular weight is 198 g/mol. The molecule has 86 valence electrons. The Kier molecular flexibility index (Phi) is 7.31. The van der Waals surface area contributed by atoms with Crippen molar-refractivity contribution in [1.82, 2.24) is 0 Å². The lowest BCUT2D eigenvalue weighted by Gasteiger charge is -2.30. The van der Waals surface area contributed by atoms with E-state index in [1.54, 1.807) is 0 Å². The first-order chi connectivity index (χ1) is 6.54. The molecule has 0 radical (unpaired) electrons. The Morgan fingerprint density at radius 3 is 1.14 bits per heavy atom. The maximum Gasteiger partial charge on any atom is -0.0389 e. The molecule has 0 saturated carbocycles. The highest BCUT2D eigenvalue weighted by atomic mass is 14.3. The molecule has 0 spiro atoms. The smallest absolute Gasteiger partial charge is 0.0389 e. The monoisotopic (exact) mass is 198 g/mol. The predicted octanol–water partition coefficient (Wildman–Crippen LogP) is 5.13. The molecule has 0 aliphatic heterocycles. The van der Waals surface area contributed by atoms with Gasteiger partial charge in [0.2, 0.25) is 0 Å². The lowest BCUT2D eigenvalue weighted by atomic mass is 9.75. The first-order valence-electron chi connectivity index (χ1n) is 6.54. The van der Waals surface area contributed by atoms with Crippen LogP contribution in [0.1, 0.15) is 67.2 Å². The van der Waals surface area contributed by atoms with Crippen LogP contribution < -0.4 is 0 Å². The number of hydrogen-bond acceptors (Lipinski definition) is 0. The quantitative estimate of drug-likeness (QED) is 0.532. The molecule has 4 atom stereocenters. The minimum absolute atomic E-state index is 0.886. The zero-order chi connectivity index (χ0) is 11.1. The summed E-state index contributed by atoms with van der Waals surface area (Å²) in [6.45, 7) is 14.3. The van der Waals surface area contributed by atoms with E-state index in [-0.39, 0.29) is 0 Å². The molecule has 0 heteroatoms. The maximum absolute atomic E-state index is 2.44. The fourth-order valence-electron chi connectivity index (χ4n) is 2.47. The van der Waals surface area contributed by atoms with Gasteiger partial charge < -0.3 is 0 Å². The summed E-state index contributed by atoms with van der Waals surface area (Å²) in [5, 5.41) is 0. The normalized spacial score (nSPS) is 20.1. The van der Waals surface area contributed by atoms with Crippen molar-refractivity contribution in [3.63, 3.8) is 0 Å². The zero-order valence-electron chi connectivity index (χ0n) is 11.1. The van der Waals surface area contributed by atoms with Crippen molar-refractivity contribution in [2.45, 2.75) is 67.2 Å². The van der Waals surface area contributed by atoms with Crippen LogP contribution in [-0.4, -0.2) is 0 Å². The van der Waals surface area contributed by atoms with Crippen molar-refractivity contribution in [2.75, 3.05) is 0 Å². The molecule has 0 rings (SSSR count). The average Bonchev–Trinajstić information content (AvgIpc) is 2.16. The van der Waals surface area contributed by atoms with Gasteiger partial charge in [0.15, 0.2) is 0 Å². The van der Waals surface area contributed by atoms with E-state index in [9.17, 15) is 0 Å². The second kappa shape index (κ2) is 7.31. The molecule has 14 heavy (non-hydrogen) atoms. The van der Waals surface area contributed by atoms with Gasteiger partial charge >= 0.3 is 0 Å². The van der Waals surface area contributed by atoms with Gasteiger partial charge in [0.05, 0.1) is 0 Å². The van der Waals surface area contributed by atoms with E-state index in [1.165, 1.54) is 25.7 Å². The Morgan fingerprint density at radius 2 is 0.929 bits per heavy atom. The van der Waals surface area contributed by atoms with Crippen LogP contribution in [0.15, 0.2) is 0 Å². The molecule has 0 aromatic heterocycles. The van der Waals surface area contributed by atoms with E-state index in [0.29, 0.717) is 0 Å². The standard InChI is InChI=1S/C14H30/c1-7-9-11(3)13(5)14(6)12(4)10-8-2/h11-14H,7-10H2,1-6H3. The van der Waals surface area contributed by atoms with Gasteiger partial charge in [-0.3, -0.25) is 0 Å². The Balaban J connectivity index is 4.01. The minimum Gasteiger partial charge on any atom is -0.0654 e. The lowest BCUT2D eigenvalue weighted by molar-refractivity contribution is 0.196. The first-order valence-corrected chi connectivity index (χ1v) is 6.54. The van der Waals surface area contributed by atoms with Crippen molar-refractivity contribution in [1.29, 1.82) is 0 Å². The second-order valence-corrected chi connectivity index (χ2v) is 5.25. The van der Waals surface area contributed by atoms with Crippen LogP contribution in [0.4, 0.5) is 0 Å². The van der Waals surface area contributed by atoms with Gasteiger partial charge in [0.25, 0.3) is 0 Å². The zero-order valence-corrected chi connectivity index (χ0v) is 11.1. The Labute approximate surface area is 91.5 Å². The van der Waals surface area contributed by atoms with E-state index in [4.69, 9.17) is 0 Å². The summed E-state index contributed by atoms with van der Waals surface area (Å²) in [4.78, 5) is 0. The third-order valence-corrected chi connectivity index (χ3v) is 4.11. The molecule has 0 aliphatic carbocycles. The van der Waals surface area contributed by atoms with E-state index in [0.717, 1.165) is 23.7 Å². The molecule has 0 heterocycles. The summed E-state index contributed by atoms with van der Waals surface area (Å²) in [5.74, 6) is 3.57. The van der Waals surface area contributed by atoms with Crippen molar-refractivity contribution in [3.8, 4) is 0 Å². The molecule has 0 aliphatic rings. The van der Waals surface area contributed by atoms with E-state index < -0.39 is 0 Å². The van der Waals surface area contributed by atoms with Crippen LogP contribution >= 0.6 is 0 Å². The van der Waals surface area contributed by atoms with Crippen molar-refractivity contribution >= 4 is 0 Å². The topological polar surface area (TPSA) is 0 Å². The van der Waals surface area contributed by atoms with Gasteiger partial charge in [-0.25, -0.2) is 0 Å². The second-order valence-electron chi connectivity index (χ2n) is 5.25. The van der Waals surface area contributed by atoms with E-state index in [1.807, 2.05) is 0 Å². The Morgan fingerprint density at radius 1 is 0.643 bits per heavy atom. The highest BCUT2D eigenvalue weighted by Crippen LogP contribution is 2.31. The van der Waals surface area contributed by atoms with Crippen LogP contribution in [0.5, 0.6) is 0 Å². The summed E-state index contributed by atoms with van der Waals surface area (Å²) < 4.78 is 0. The predicted molar refractivity (Wildman–Crippen MR) is 66.5 cm³/mol. The van der Waals surface area contributed by atoms with Gasteiger partial charge in [-0.2, -0.15) is 0 Å². The summed E-state index contributed by atoms with van der Waals surface area (Å²) in [5.41, 5.74) is 0. The Bertz CT molecular complexity index is 112. The largest absolute Gasteiger partial charge is 0.0654 e. The summed E-state index contributed by atoms with van der Waals surface area (Å²) >= 11 is 0. The van der Waals surface area contributed by atoms with Gasteiger partial charge in [0, 0.05) is 0 Å². The maximum atomic E-state index is 2.44.